The first kappa shape index (κ1) is 64.7. The van der Waals surface area contributed by atoms with Gasteiger partial charge in [0, 0.05) is 222 Å². The van der Waals surface area contributed by atoms with Gasteiger partial charge in [0.2, 0.25) is 11.8 Å². The molecule has 11 fully saturated rings. The number of amides is 2. The van der Waals surface area contributed by atoms with Crippen LogP contribution in [-0.4, -0.2) is 404 Å². The molecular formula is C63H120N18O4. The molecule has 3 N–H and O–H groups in total. The fourth-order valence-electron chi connectivity index (χ4n) is 18.1. The van der Waals surface area contributed by atoms with Crippen molar-refractivity contribution in [2.24, 2.45) is 5.41 Å². The van der Waals surface area contributed by atoms with Crippen LogP contribution in [0.25, 0.3) is 0 Å². The smallest absolute Gasteiger partial charge is 0.219 e. The lowest BCUT2D eigenvalue weighted by atomic mass is 9.60. The Bertz CT molecular complexity index is 2020. The van der Waals surface area contributed by atoms with Crippen LogP contribution in [0.5, 0.6) is 0 Å². The van der Waals surface area contributed by atoms with Gasteiger partial charge in [0.1, 0.15) is 11.9 Å². The molecule has 11 rings (SSSR count). The van der Waals surface area contributed by atoms with Crippen LogP contribution in [-0.2, 0) is 19.2 Å². The maximum atomic E-state index is 13.7. The maximum absolute atomic E-state index is 13.7. The fraction of sp³-hybridized carbons (Fsp3) is 0.968. The standard InChI is InChI=1S/C63H120N18O4/c1-56(82)77-37-39-79(40-38-77)59(85-81-26-11-12-27-81)58-60(49-72-24-13-15-64-16-28-72,50-73-25-14-19-67(3)31-34-73)61(51-74-29-17-65-18-30-74,52-75-35-32-68(4)33-36-75)69(5)62(53-70-20-7-6-8-21-70,54-76-45-47-84-48-46-76)63(66-58,55-71-22-9-10-23-71)80-43-41-78(42-44-80)57(2)83/h58-59,64-66H,6-55H2,1-5H3. The van der Waals surface area contributed by atoms with Crippen LogP contribution < -0.4 is 16.0 Å². The highest BCUT2D eigenvalue weighted by Gasteiger charge is 2.74. The molecule has 0 aromatic carbocycles. The molecule has 11 aliphatic heterocycles. The lowest BCUT2D eigenvalue weighted by Gasteiger charge is -2.67. The highest BCUT2D eigenvalue weighted by Crippen LogP contribution is 2.54. The first-order valence-corrected chi connectivity index (χ1v) is 34.7. The number of piperidine rings is 1. The van der Waals surface area contributed by atoms with Crippen LogP contribution in [0.2, 0.25) is 0 Å². The third kappa shape index (κ3) is 14.9. The Morgan fingerprint density at radius 3 is 1.48 bits per heavy atom. The molecule has 11 aliphatic rings. The van der Waals surface area contributed by atoms with E-state index < -0.39 is 22.2 Å². The number of likely N-dealkylation sites (N-methyl/N-ethyl adjacent to an activating group) is 3. The van der Waals surface area contributed by atoms with Gasteiger partial charge in [-0.2, -0.15) is 5.06 Å². The predicted molar refractivity (Wildman–Crippen MR) is 338 cm³/mol. The van der Waals surface area contributed by atoms with E-state index in [1.165, 1.54) is 32.1 Å². The predicted octanol–water partition coefficient (Wildman–Crippen LogP) is -1.27. The summed E-state index contributed by atoms with van der Waals surface area (Å²) < 4.78 is 6.38. The molecular weight excluding hydrogens is 1070 g/mol. The van der Waals surface area contributed by atoms with E-state index in [-0.39, 0.29) is 24.1 Å². The molecule has 0 saturated carbocycles. The SMILES string of the molecule is CC(=O)N1CCN(C(ON2CCCC2)C2NC(CN3CCCC3)(N3CCN(C(C)=O)CC3)C(CN3CCCCC3)(CN3CCOCC3)N(C)C(CN3CCNCC3)(CN3CCN(C)CC3)C2(CN2CCCNCC2)CN2CCCN(C)CC2)CC1. The summed E-state index contributed by atoms with van der Waals surface area (Å²) in [5.41, 5.74) is -2.15. The van der Waals surface area contributed by atoms with E-state index in [1.807, 2.05) is 0 Å². The molecule has 85 heavy (non-hydrogen) atoms. The number of likely N-dealkylation sites (tertiary alicyclic amines) is 2. The van der Waals surface area contributed by atoms with Crippen molar-refractivity contribution in [2.45, 2.75) is 101 Å². The van der Waals surface area contributed by atoms with Crippen molar-refractivity contribution in [3.05, 3.63) is 0 Å². The Labute approximate surface area is 514 Å². The zero-order valence-electron chi connectivity index (χ0n) is 54.4. The Morgan fingerprint density at radius 2 is 0.882 bits per heavy atom. The normalized spacial score (nSPS) is 35.1. The lowest BCUT2D eigenvalue weighted by Crippen LogP contribution is -2.87. The van der Waals surface area contributed by atoms with E-state index in [0.29, 0.717) is 26.2 Å². The summed E-state index contributed by atoms with van der Waals surface area (Å²) in [5, 5.41) is 15.5. The number of piperazine rings is 4. The molecule has 0 aliphatic carbocycles. The van der Waals surface area contributed by atoms with Gasteiger partial charge in [0.25, 0.3) is 0 Å². The molecule has 486 valence electrons. The molecule has 11 saturated heterocycles. The minimum atomic E-state index is -0.652. The number of hydroxylamine groups is 2. The highest BCUT2D eigenvalue weighted by molar-refractivity contribution is 5.73. The van der Waals surface area contributed by atoms with Crippen LogP contribution in [0.1, 0.15) is 71.6 Å². The van der Waals surface area contributed by atoms with E-state index >= 15 is 0 Å². The van der Waals surface area contributed by atoms with E-state index in [2.05, 4.69) is 105 Å². The van der Waals surface area contributed by atoms with Gasteiger partial charge in [-0.15, -0.1) is 0 Å². The van der Waals surface area contributed by atoms with Gasteiger partial charge in [-0.25, -0.2) is 0 Å². The molecule has 22 nitrogen and oxygen atoms in total. The Kier molecular flexibility index (Phi) is 22.9. The monoisotopic (exact) mass is 1190 g/mol. The van der Waals surface area contributed by atoms with Gasteiger partial charge in [-0.1, -0.05) is 6.42 Å². The summed E-state index contributed by atoms with van der Waals surface area (Å²) in [6, 6.07) is -0.201. The van der Waals surface area contributed by atoms with Crippen LogP contribution in [0.4, 0.5) is 0 Å². The van der Waals surface area contributed by atoms with Gasteiger partial charge < -0.3 is 54.6 Å². The van der Waals surface area contributed by atoms with Crippen LogP contribution in [0.15, 0.2) is 0 Å². The average Bonchev–Trinajstić information content (AvgIpc) is 1.61. The minimum Gasteiger partial charge on any atom is -0.379 e. The quantitative estimate of drug-likeness (QED) is 0.142. The number of nitrogens with zero attached hydrogens (tertiary/aromatic N) is 15. The number of ether oxygens (including phenoxy) is 1. The topological polar surface area (TPSA) is 137 Å². The lowest BCUT2D eigenvalue weighted by molar-refractivity contribution is -0.263. The fourth-order valence-corrected chi connectivity index (χ4v) is 18.1. The van der Waals surface area contributed by atoms with E-state index in [9.17, 15) is 9.59 Å². The molecule has 2 amide bonds. The van der Waals surface area contributed by atoms with Gasteiger partial charge in [0.15, 0.2) is 0 Å². The summed E-state index contributed by atoms with van der Waals surface area (Å²) in [5.74, 6) is 0.355. The number of rotatable bonds is 19. The molecule has 22 heteroatoms. The van der Waals surface area contributed by atoms with Gasteiger partial charge >= 0.3 is 0 Å². The summed E-state index contributed by atoms with van der Waals surface area (Å²) in [6.07, 6.45) is 10.4. The minimum absolute atomic E-state index is 0.170. The molecule has 0 bridgehead atoms. The number of nitrogens with one attached hydrogen (secondary N) is 3. The van der Waals surface area contributed by atoms with Crippen molar-refractivity contribution >= 4 is 11.8 Å². The third-order valence-electron chi connectivity index (χ3n) is 23.2. The number of carbonyl (C=O) groups excluding carboxylic acids is 2. The summed E-state index contributed by atoms with van der Waals surface area (Å²) in [4.78, 5) is 74.6. The molecule has 0 radical (unpaired) electrons. The second kappa shape index (κ2) is 30.1. The van der Waals surface area contributed by atoms with E-state index in [0.717, 1.165) is 268 Å². The summed E-state index contributed by atoms with van der Waals surface area (Å²) in [6.45, 7) is 42.2. The number of morpholine rings is 1. The van der Waals surface area contributed by atoms with Gasteiger partial charge in [-0.05, 0) is 125 Å². The highest BCUT2D eigenvalue weighted by atomic mass is 16.7. The van der Waals surface area contributed by atoms with E-state index in [4.69, 9.17) is 14.9 Å². The zero-order valence-corrected chi connectivity index (χ0v) is 54.4. The van der Waals surface area contributed by atoms with Crippen molar-refractivity contribution < 1.29 is 19.2 Å². The zero-order chi connectivity index (χ0) is 58.9. The van der Waals surface area contributed by atoms with Crippen molar-refractivity contribution in [1.29, 1.82) is 0 Å². The van der Waals surface area contributed by atoms with Crippen molar-refractivity contribution in [2.75, 3.05) is 290 Å². The van der Waals surface area contributed by atoms with Crippen molar-refractivity contribution in [3.8, 4) is 0 Å². The second-order valence-corrected chi connectivity index (χ2v) is 28.6. The number of carbonyl (C=O) groups is 2. The number of hydrogen-bond acceptors (Lipinski definition) is 20. The Balaban J connectivity index is 1.27. The Hall–Kier alpha value is -1.78. The van der Waals surface area contributed by atoms with Crippen LogP contribution in [0.3, 0.4) is 0 Å². The van der Waals surface area contributed by atoms with Crippen LogP contribution in [0, 0.1) is 5.41 Å². The molecule has 6 unspecified atom stereocenters. The Morgan fingerprint density at radius 1 is 0.435 bits per heavy atom. The maximum Gasteiger partial charge on any atom is 0.219 e. The average molecular weight is 1190 g/mol. The second-order valence-electron chi connectivity index (χ2n) is 28.6. The molecule has 6 atom stereocenters. The summed E-state index contributed by atoms with van der Waals surface area (Å²) >= 11 is 0. The van der Waals surface area contributed by atoms with Crippen molar-refractivity contribution in [1.82, 2.24) is 89.6 Å². The van der Waals surface area contributed by atoms with Crippen molar-refractivity contribution in [3.63, 3.8) is 0 Å². The molecule has 0 spiro atoms. The molecule has 11 heterocycles. The largest absolute Gasteiger partial charge is 0.379 e. The summed E-state index contributed by atoms with van der Waals surface area (Å²) in [7, 11) is 7.44. The first-order chi connectivity index (χ1) is 41.4. The van der Waals surface area contributed by atoms with Gasteiger partial charge in [-0.3, -0.25) is 49.1 Å². The van der Waals surface area contributed by atoms with Gasteiger partial charge in [0.05, 0.1) is 30.3 Å². The third-order valence-corrected chi connectivity index (χ3v) is 23.2. The first-order valence-electron chi connectivity index (χ1n) is 34.7. The molecule has 0 aromatic heterocycles. The number of hydrogen-bond donors (Lipinski definition) is 3. The van der Waals surface area contributed by atoms with E-state index in [1.54, 1.807) is 13.8 Å². The van der Waals surface area contributed by atoms with Crippen LogP contribution >= 0.6 is 0 Å². The molecule has 0 aromatic rings.